The van der Waals surface area contributed by atoms with Crippen molar-refractivity contribution < 1.29 is 22.4 Å². The Bertz CT molecular complexity index is 1360. The fourth-order valence-corrected chi connectivity index (χ4v) is 4.11. The summed E-state index contributed by atoms with van der Waals surface area (Å²) in [5.41, 5.74) is -0.516. The Kier molecular flexibility index (Phi) is 8.06. The van der Waals surface area contributed by atoms with Crippen LogP contribution in [0.15, 0.2) is 43.1 Å². The van der Waals surface area contributed by atoms with Gasteiger partial charge in [-0.25, -0.2) is 20.2 Å². The molecule has 206 valence electrons. The van der Waals surface area contributed by atoms with Gasteiger partial charge in [0.2, 0.25) is 0 Å². The second-order valence-corrected chi connectivity index (χ2v) is 9.16. The second kappa shape index (κ2) is 11.3. The van der Waals surface area contributed by atoms with E-state index in [1.807, 2.05) is 11.9 Å². The number of likely N-dealkylation sites (N-methyl/N-ethyl adjacent to an activating group) is 1. The largest absolute Gasteiger partial charge is 0.419 e. The van der Waals surface area contributed by atoms with Gasteiger partial charge in [0.05, 0.1) is 40.5 Å². The van der Waals surface area contributed by atoms with E-state index in [-0.39, 0.29) is 29.2 Å². The molecule has 1 aliphatic rings. The molecule has 0 unspecified atom stereocenters. The molecule has 1 aromatic carbocycles. The Morgan fingerprint density at radius 1 is 1.10 bits per heavy atom. The monoisotopic (exact) mass is 545 g/mol. The first-order chi connectivity index (χ1) is 18.4. The van der Waals surface area contributed by atoms with Gasteiger partial charge < -0.3 is 25.5 Å². The van der Waals surface area contributed by atoms with Crippen molar-refractivity contribution in [2.75, 3.05) is 55.0 Å². The normalized spacial score (nSPS) is 14.3. The number of benzene rings is 1. The van der Waals surface area contributed by atoms with Crippen molar-refractivity contribution in [1.82, 2.24) is 19.9 Å². The summed E-state index contributed by atoms with van der Waals surface area (Å²) < 4.78 is 56.0. The van der Waals surface area contributed by atoms with Crippen molar-refractivity contribution in [2.45, 2.75) is 13.1 Å². The van der Waals surface area contributed by atoms with Crippen LogP contribution in [0.2, 0.25) is 0 Å². The van der Waals surface area contributed by atoms with Crippen LogP contribution < -0.4 is 21.1 Å². The summed E-state index contributed by atoms with van der Waals surface area (Å²) in [7, 11) is 1.87. The van der Waals surface area contributed by atoms with Gasteiger partial charge >= 0.3 is 6.18 Å². The molecular formula is C25H27F4N9O. The van der Waals surface area contributed by atoms with Crippen molar-refractivity contribution in [3.8, 4) is 0 Å². The van der Waals surface area contributed by atoms with Gasteiger partial charge in [-0.15, -0.1) is 0 Å². The summed E-state index contributed by atoms with van der Waals surface area (Å²) in [6.07, 6.45) is 0.561. The molecule has 0 aliphatic carbocycles. The van der Waals surface area contributed by atoms with E-state index >= 15 is 0 Å². The summed E-state index contributed by atoms with van der Waals surface area (Å²) >= 11 is 0. The van der Waals surface area contributed by atoms with E-state index in [1.165, 1.54) is 47.0 Å². The molecule has 0 atom stereocenters. The zero-order chi connectivity index (χ0) is 28.3. The first-order valence-corrected chi connectivity index (χ1v) is 11.9. The zero-order valence-electron chi connectivity index (χ0n) is 21.3. The molecular weight excluding hydrogens is 518 g/mol. The summed E-state index contributed by atoms with van der Waals surface area (Å²) in [6.45, 7) is 3.39. The highest BCUT2D eigenvalue weighted by Gasteiger charge is 2.37. The first kappa shape index (κ1) is 27.9. The third kappa shape index (κ3) is 6.46. The highest BCUT2D eigenvalue weighted by Crippen LogP contribution is 2.38. The number of aromatic nitrogens is 3. The van der Waals surface area contributed by atoms with E-state index < -0.39 is 23.5 Å². The molecule has 1 saturated heterocycles. The van der Waals surface area contributed by atoms with Gasteiger partial charge in [-0.3, -0.25) is 9.78 Å². The molecule has 1 amide bonds. The van der Waals surface area contributed by atoms with Crippen LogP contribution in [-0.4, -0.2) is 71.2 Å². The van der Waals surface area contributed by atoms with Gasteiger partial charge in [0.25, 0.3) is 5.91 Å². The minimum atomic E-state index is -4.96. The molecule has 1 fully saturated rings. The maximum atomic E-state index is 15.0. The number of amides is 1. The summed E-state index contributed by atoms with van der Waals surface area (Å²) in [4.78, 5) is 28.5. The van der Waals surface area contributed by atoms with E-state index in [9.17, 15) is 22.4 Å². The van der Waals surface area contributed by atoms with Crippen LogP contribution in [0.25, 0.3) is 0 Å². The van der Waals surface area contributed by atoms with E-state index in [2.05, 4.69) is 20.3 Å². The number of hydrogen-bond donors (Lipinski definition) is 3. The van der Waals surface area contributed by atoms with Crippen molar-refractivity contribution in [2.24, 2.45) is 5.84 Å². The first-order valence-electron chi connectivity index (χ1n) is 11.9. The van der Waals surface area contributed by atoms with Crippen LogP contribution in [0, 0.1) is 18.2 Å². The third-order valence-corrected chi connectivity index (χ3v) is 6.33. The molecule has 3 aromatic rings. The zero-order valence-corrected chi connectivity index (χ0v) is 21.3. The third-order valence-electron chi connectivity index (χ3n) is 6.33. The van der Waals surface area contributed by atoms with Gasteiger partial charge in [-0.1, -0.05) is 0 Å². The fraction of sp³-hybridized carbons (Fsp3) is 0.320. The minimum absolute atomic E-state index is 0.0136. The van der Waals surface area contributed by atoms with Crippen LogP contribution >= 0.6 is 0 Å². The highest BCUT2D eigenvalue weighted by molar-refractivity contribution is 6.05. The topological polar surface area (TPSA) is 127 Å². The lowest BCUT2D eigenvalue weighted by atomic mass is 10.1. The number of anilines is 3. The molecule has 4 rings (SSSR count). The molecule has 3 heterocycles. The molecule has 10 nitrogen and oxygen atoms in total. The average molecular weight is 546 g/mol. The predicted molar refractivity (Wildman–Crippen MR) is 138 cm³/mol. The fourth-order valence-electron chi connectivity index (χ4n) is 4.11. The summed E-state index contributed by atoms with van der Waals surface area (Å²) in [5, 5.41) is 11.9. The van der Waals surface area contributed by atoms with E-state index in [4.69, 9.17) is 11.3 Å². The number of piperazine rings is 1. The number of nitrogens with two attached hydrogens (primary N) is 1. The highest BCUT2D eigenvalue weighted by atomic mass is 19.4. The lowest BCUT2D eigenvalue weighted by molar-refractivity contribution is -0.139. The summed E-state index contributed by atoms with van der Waals surface area (Å²) in [6, 6.07) is 3.20. The summed E-state index contributed by atoms with van der Waals surface area (Å²) in [5.74, 6) is 4.02. The number of halogens is 4. The Labute approximate surface area is 221 Å². The standard InChI is InChI=1S/C25H27F4N9O/c1-15-21(38(31)13-20(30)17-10-32-14-33-11-17)7-16(12-34-15)24(39)35-18-8-19(25(27,28)29)23(26)22(9-18)37-5-3-36(2)4-6-37/h7-12,14,30H,3-6,13,31H2,1-2H3,(H,35,39). The van der Waals surface area contributed by atoms with E-state index in [0.29, 0.717) is 49.2 Å². The van der Waals surface area contributed by atoms with Gasteiger partial charge in [-0.2, -0.15) is 13.2 Å². The van der Waals surface area contributed by atoms with Crippen molar-refractivity contribution in [3.05, 3.63) is 71.3 Å². The lowest BCUT2D eigenvalue weighted by Gasteiger charge is -2.34. The molecule has 39 heavy (non-hydrogen) atoms. The molecule has 0 bridgehead atoms. The number of hydrogen-bond acceptors (Lipinski definition) is 9. The number of hydrazine groups is 1. The van der Waals surface area contributed by atoms with Crippen LogP contribution in [0.4, 0.5) is 34.6 Å². The number of nitrogens with zero attached hydrogens (tertiary/aromatic N) is 6. The van der Waals surface area contributed by atoms with Crippen molar-refractivity contribution in [3.63, 3.8) is 0 Å². The van der Waals surface area contributed by atoms with Crippen LogP contribution in [0.3, 0.4) is 0 Å². The molecule has 0 spiro atoms. The number of carbonyl (C=O) groups excluding carboxylic acids is 1. The van der Waals surface area contributed by atoms with Crippen LogP contribution in [0.1, 0.15) is 27.2 Å². The number of alkyl halides is 3. The maximum absolute atomic E-state index is 15.0. The number of pyridine rings is 1. The minimum Gasteiger partial charge on any atom is -0.367 e. The van der Waals surface area contributed by atoms with Gasteiger partial charge in [0.1, 0.15) is 6.33 Å². The Morgan fingerprint density at radius 2 is 1.77 bits per heavy atom. The number of aryl methyl sites for hydroxylation is 1. The number of nitrogens with one attached hydrogen (secondary N) is 2. The lowest BCUT2D eigenvalue weighted by Crippen LogP contribution is -2.45. The van der Waals surface area contributed by atoms with E-state index in [1.54, 1.807) is 6.92 Å². The van der Waals surface area contributed by atoms with Gasteiger partial charge in [0.15, 0.2) is 5.82 Å². The average Bonchev–Trinajstić information content (AvgIpc) is 2.90. The molecule has 2 aromatic heterocycles. The molecule has 0 saturated carbocycles. The number of carbonyl (C=O) groups is 1. The van der Waals surface area contributed by atoms with Crippen LogP contribution in [-0.2, 0) is 6.18 Å². The van der Waals surface area contributed by atoms with Crippen molar-refractivity contribution >= 4 is 28.7 Å². The Hall–Kier alpha value is -4.17. The van der Waals surface area contributed by atoms with Crippen molar-refractivity contribution in [1.29, 1.82) is 5.41 Å². The van der Waals surface area contributed by atoms with E-state index in [0.717, 1.165) is 0 Å². The number of rotatable bonds is 7. The van der Waals surface area contributed by atoms with Gasteiger partial charge in [0, 0.05) is 56.0 Å². The maximum Gasteiger partial charge on any atom is 0.419 e. The molecule has 0 radical (unpaired) electrons. The smallest absolute Gasteiger partial charge is 0.367 e. The quantitative estimate of drug-likeness (QED) is 0.179. The Balaban J connectivity index is 1.58. The Morgan fingerprint density at radius 3 is 2.41 bits per heavy atom. The van der Waals surface area contributed by atoms with Gasteiger partial charge in [-0.05, 0) is 32.2 Å². The second-order valence-electron chi connectivity index (χ2n) is 9.16. The predicted octanol–water partition coefficient (Wildman–Crippen LogP) is 3.09. The molecule has 4 N–H and O–H groups in total. The molecule has 14 heteroatoms. The SMILES string of the molecule is Cc1ncc(C(=O)Nc2cc(N3CCN(C)CC3)c(F)c(C(F)(F)F)c2)cc1N(N)CC(=N)c1cncnc1. The molecule has 1 aliphatic heterocycles. The van der Waals surface area contributed by atoms with Crippen LogP contribution in [0.5, 0.6) is 0 Å².